The van der Waals surface area contributed by atoms with Gasteiger partial charge in [0.15, 0.2) is 9.84 Å². The molecule has 0 heterocycles. The zero-order chi connectivity index (χ0) is 12.6. The van der Waals surface area contributed by atoms with Gasteiger partial charge in [-0.05, 0) is 39.0 Å². The second-order valence-electron chi connectivity index (χ2n) is 6.21. The Morgan fingerprint density at radius 3 is 2.25 bits per heavy atom. The average molecular weight is 246 g/mol. The van der Waals surface area contributed by atoms with Crippen molar-refractivity contribution < 1.29 is 13.2 Å². The van der Waals surface area contributed by atoms with E-state index >= 15 is 0 Å². The van der Waals surface area contributed by atoms with Gasteiger partial charge in [-0.15, -0.1) is 0 Å². The van der Waals surface area contributed by atoms with Crippen molar-refractivity contribution in [3.63, 3.8) is 0 Å². The molecule has 0 spiro atoms. The minimum Gasteiger partial charge on any atom is -0.300 e. The van der Waals surface area contributed by atoms with E-state index in [1.54, 1.807) is 20.8 Å². The Bertz CT molecular complexity index is 376. The highest BCUT2D eigenvalue weighted by atomic mass is 32.2. The molecule has 4 heteroatoms. The van der Waals surface area contributed by atoms with Gasteiger partial charge in [-0.3, -0.25) is 4.79 Å². The summed E-state index contributed by atoms with van der Waals surface area (Å²) >= 11 is 0. The highest BCUT2D eigenvalue weighted by Crippen LogP contribution is 2.39. The van der Waals surface area contributed by atoms with Crippen molar-refractivity contribution in [3.8, 4) is 0 Å². The third-order valence-corrected chi connectivity index (χ3v) is 6.15. The SMILES string of the molecule is CC1(CCS(=O)(=O)C(C)(C)C)CCC(=O)C1. The summed E-state index contributed by atoms with van der Waals surface area (Å²) in [5, 5.41) is 0. The van der Waals surface area contributed by atoms with Gasteiger partial charge in [-0.1, -0.05) is 6.92 Å². The zero-order valence-corrected chi connectivity index (χ0v) is 11.5. The van der Waals surface area contributed by atoms with Gasteiger partial charge < -0.3 is 0 Å². The first-order valence-electron chi connectivity index (χ1n) is 5.80. The van der Waals surface area contributed by atoms with Gasteiger partial charge in [0.05, 0.1) is 10.5 Å². The molecule has 1 fully saturated rings. The maximum atomic E-state index is 11.9. The van der Waals surface area contributed by atoms with Crippen LogP contribution in [0, 0.1) is 5.41 Å². The molecule has 1 aliphatic rings. The van der Waals surface area contributed by atoms with E-state index in [1.807, 2.05) is 6.92 Å². The Labute approximate surface area is 98.5 Å². The summed E-state index contributed by atoms with van der Waals surface area (Å²) in [6.07, 6.45) is 2.61. The normalized spacial score (nSPS) is 27.4. The Morgan fingerprint density at radius 1 is 1.31 bits per heavy atom. The molecule has 0 aromatic rings. The van der Waals surface area contributed by atoms with Crippen LogP contribution in [0.4, 0.5) is 0 Å². The predicted octanol–water partition coefficient (Wildman–Crippen LogP) is 2.35. The smallest absolute Gasteiger partial charge is 0.155 e. The topological polar surface area (TPSA) is 51.2 Å². The summed E-state index contributed by atoms with van der Waals surface area (Å²) in [7, 11) is -3.05. The van der Waals surface area contributed by atoms with Gasteiger partial charge in [0.1, 0.15) is 5.78 Å². The molecule has 1 aliphatic carbocycles. The number of Topliss-reactive ketones (excluding diaryl/α,β-unsaturated/α-hetero) is 1. The molecule has 1 rings (SSSR count). The van der Waals surface area contributed by atoms with E-state index < -0.39 is 14.6 Å². The summed E-state index contributed by atoms with van der Waals surface area (Å²) in [5.74, 6) is 0.468. The summed E-state index contributed by atoms with van der Waals surface area (Å²) in [4.78, 5) is 11.2. The van der Waals surface area contributed by atoms with Crippen LogP contribution in [-0.4, -0.2) is 24.7 Å². The summed E-state index contributed by atoms with van der Waals surface area (Å²) in [6.45, 7) is 7.20. The molecule has 0 N–H and O–H groups in total. The Morgan fingerprint density at radius 2 is 1.88 bits per heavy atom. The lowest BCUT2D eigenvalue weighted by Gasteiger charge is -2.25. The van der Waals surface area contributed by atoms with Crippen molar-refractivity contribution in [2.24, 2.45) is 5.41 Å². The molecule has 1 unspecified atom stereocenters. The Kier molecular flexibility index (Phi) is 3.53. The second-order valence-corrected chi connectivity index (χ2v) is 9.07. The van der Waals surface area contributed by atoms with Crippen molar-refractivity contribution in [2.75, 3.05) is 5.75 Å². The third kappa shape index (κ3) is 3.06. The van der Waals surface area contributed by atoms with Crippen molar-refractivity contribution in [1.29, 1.82) is 0 Å². The first kappa shape index (κ1) is 13.7. The van der Waals surface area contributed by atoms with E-state index in [4.69, 9.17) is 0 Å². The Hall–Kier alpha value is -0.380. The lowest BCUT2D eigenvalue weighted by molar-refractivity contribution is -0.117. The van der Waals surface area contributed by atoms with E-state index in [1.165, 1.54) is 0 Å². The number of sulfone groups is 1. The van der Waals surface area contributed by atoms with Gasteiger partial charge in [0.25, 0.3) is 0 Å². The molecule has 0 aromatic carbocycles. The van der Waals surface area contributed by atoms with Crippen molar-refractivity contribution in [3.05, 3.63) is 0 Å². The third-order valence-electron chi connectivity index (χ3n) is 3.54. The molecule has 0 saturated heterocycles. The highest BCUT2D eigenvalue weighted by Gasteiger charge is 2.37. The number of carbonyl (C=O) groups excluding carboxylic acids is 1. The molecule has 0 aliphatic heterocycles. The van der Waals surface area contributed by atoms with E-state index in [0.717, 1.165) is 6.42 Å². The van der Waals surface area contributed by atoms with Crippen LogP contribution in [0.1, 0.15) is 53.4 Å². The molecule has 3 nitrogen and oxygen atoms in total. The first-order chi connectivity index (χ1) is 7.06. The van der Waals surface area contributed by atoms with Gasteiger partial charge >= 0.3 is 0 Å². The van der Waals surface area contributed by atoms with Crippen LogP contribution < -0.4 is 0 Å². The van der Waals surface area contributed by atoms with Crippen LogP contribution in [-0.2, 0) is 14.6 Å². The van der Waals surface area contributed by atoms with Crippen LogP contribution in [0.2, 0.25) is 0 Å². The fourth-order valence-electron chi connectivity index (χ4n) is 1.99. The molecule has 0 amide bonds. The van der Waals surface area contributed by atoms with E-state index in [0.29, 0.717) is 19.3 Å². The minimum atomic E-state index is -3.05. The van der Waals surface area contributed by atoms with Gasteiger partial charge in [-0.25, -0.2) is 8.42 Å². The number of carbonyl (C=O) groups is 1. The van der Waals surface area contributed by atoms with Crippen LogP contribution in [0.3, 0.4) is 0 Å². The van der Waals surface area contributed by atoms with E-state index in [2.05, 4.69) is 0 Å². The van der Waals surface area contributed by atoms with Crippen LogP contribution in [0.25, 0.3) is 0 Å². The molecule has 16 heavy (non-hydrogen) atoms. The van der Waals surface area contributed by atoms with Gasteiger partial charge in [-0.2, -0.15) is 0 Å². The maximum Gasteiger partial charge on any atom is 0.155 e. The molecule has 94 valence electrons. The zero-order valence-electron chi connectivity index (χ0n) is 10.7. The largest absolute Gasteiger partial charge is 0.300 e. The summed E-state index contributed by atoms with van der Waals surface area (Å²) in [5.41, 5.74) is -0.0879. The van der Waals surface area contributed by atoms with Crippen molar-refractivity contribution in [1.82, 2.24) is 0 Å². The lowest BCUT2D eigenvalue weighted by atomic mass is 9.86. The highest BCUT2D eigenvalue weighted by molar-refractivity contribution is 7.92. The fourth-order valence-corrected chi connectivity index (χ4v) is 3.37. The number of rotatable bonds is 3. The van der Waals surface area contributed by atoms with E-state index in [-0.39, 0.29) is 17.0 Å². The predicted molar refractivity (Wildman–Crippen MR) is 65.1 cm³/mol. The summed E-state index contributed by atoms with van der Waals surface area (Å²) < 4.78 is 23.2. The maximum absolute atomic E-state index is 11.9. The number of ketones is 1. The Balaban J connectivity index is 2.62. The van der Waals surface area contributed by atoms with Gasteiger partial charge in [0, 0.05) is 12.8 Å². The molecule has 0 radical (unpaired) electrons. The quantitative estimate of drug-likeness (QED) is 0.768. The average Bonchev–Trinajstić information content (AvgIpc) is 2.42. The molecule has 0 aromatic heterocycles. The number of hydrogen-bond acceptors (Lipinski definition) is 3. The number of hydrogen-bond donors (Lipinski definition) is 0. The molecular weight excluding hydrogens is 224 g/mol. The van der Waals surface area contributed by atoms with Crippen LogP contribution >= 0.6 is 0 Å². The fraction of sp³-hybridized carbons (Fsp3) is 0.917. The van der Waals surface area contributed by atoms with Crippen molar-refractivity contribution in [2.45, 2.75) is 58.1 Å². The molecular formula is C12H22O3S. The van der Waals surface area contributed by atoms with Gasteiger partial charge in [0.2, 0.25) is 0 Å². The van der Waals surface area contributed by atoms with Crippen molar-refractivity contribution >= 4 is 15.6 Å². The van der Waals surface area contributed by atoms with Crippen LogP contribution in [0.15, 0.2) is 0 Å². The van der Waals surface area contributed by atoms with E-state index in [9.17, 15) is 13.2 Å². The molecule has 0 bridgehead atoms. The standard InChI is InChI=1S/C12H22O3S/c1-11(2,3)16(14,15)8-7-12(4)6-5-10(13)9-12/h5-9H2,1-4H3. The second kappa shape index (κ2) is 4.13. The first-order valence-corrected chi connectivity index (χ1v) is 7.45. The molecule has 1 saturated carbocycles. The lowest BCUT2D eigenvalue weighted by Crippen LogP contribution is -2.32. The molecule has 1 atom stereocenters. The summed E-state index contributed by atoms with van der Waals surface area (Å²) in [6, 6.07) is 0. The monoisotopic (exact) mass is 246 g/mol. The minimum absolute atomic E-state index is 0.0879. The van der Waals surface area contributed by atoms with Crippen LogP contribution in [0.5, 0.6) is 0 Å².